The molecular formula is C18H24N2O. The second-order valence-corrected chi connectivity index (χ2v) is 6.05. The molecule has 0 N–H and O–H groups in total. The molecule has 1 aromatic carbocycles. The number of nitrogens with zero attached hydrogens (tertiary/aromatic N) is 2. The molecule has 2 rings (SSSR count). The summed E-state index contributed by atoms with van der Waals surface area (Å²) >= 11 is 0. The minimum atomic E-state index is 0.0394. The number of aromatic nitrogens is 2. The maximum atomic E-state index is 12.4. The van der Waals surface area contributed by atoms with Gasteiger partial charge in [0.1, 0.15) is 0 Å². The SMILES string of the molecule is Cc1nn(C(=O)Cc2ccccc2)c(C)c1CCC(C)C. The zero-order chi connectivity index (χ0) is 15.4. The van der Waals surface area contributed by atoms with E-state index < -0.39 is 0 Å². The summed E-state index contributed by atoms with van der Waals surface area (Å²) in [5.74, 6) is 0.699. The second-order valence-electron chi connectivity index (χ2n) is 6.05. The summed E-state index contributed by atoms with van der Waals surface area (Å²) < 4.78 is 1.58. The molecule has 0 atom stereocenters. The summed E-state index contributed by atoms with van der Waals surface area (Å²) in [6.45, 7) is 8.43. The van der Waals surface area contributed by atoms with Crippen molar-refractivity contribution >= 4 is 5.91 Å². The number of aryl methyl sites for hydroxylation is 1. The molecule has 21 heavy (non-hydrogen) atoms. The first-order chi connectivity index (χ1) is 9.99. The predicted molar refractivity (Wildman–Crippen MR) is 85.6 cm³/mol. The average Bonchev–Trinajstić information content (AvgIpc) is 2.73. The number of carbonyl (C=O) groups is 1. The van der Waals surface area contributed by atoms with E-state index in [1.165, 1.54) is 5.56 Å². The van der Waals surface area contributed by atoms with Crippen LogP contribution in [-0.4, -0.2) is 15.7 Å². The molecule has 0 saturated heterocycles. The average molecular weight is 284 g/mol. The number of hydrogen-bond donors (Lipinski definition) is 0. The van der Waals surface area contributed by atoms with E-state index in [1.807, 2.05) is 44.2 Å². The lowest BCUT2D eigenvalue weighted by atomic mass is 10.0. The molecule has 3 heteroatoms. The Bertz CT molecular complexity index is 612. The van der Waals surface area contributed by atoms with E-state index in [-0.39, 0.29) is 5.91 Å². The van der Waals surface area contributed by atoms with Crippen LogP contribution in [0.5, 0.6) is 0 Å². The Kier molecular flexibility index (Phi) is 4.94. The van der Waals surface area contributed by atoms with Crippen molar-refractivity contribution in [2.45, 2.75) is 47.0 Å². The summed E-state index contributed by atoms with van der Waals surface area (Å²) in [5.41, 5.74) is 4.23. The zero-order valence-corrected chi connectivity index (χ0v) is 13.4. The number of rotatable bonds is 5. The summed E-state index contributed by atoms with van der Waals surface area (Å²) in [4.78, 5) is 12.4. The highest BCUT2D eigenvalue weighted by Gasteiger charge is 2.16. The standard InChI is InChI=1S/C18H24N2O/c1-13(2)10-11-17-14(3)19-20(15(17)4)18(21)12-16-8-6-5-7-9-16/h5-9,13H,10-12H2,1-4H3. The van der Waals surface area contributed by atoms with Gasteiger partial charge in [0, 0.05) is 5.69 Å². The van der Waals surface area contributed by atoms with Crippen LogP contribution < -0.4 is 0 Å². The summed E-state index contributed by atoms with van der Waals surface area (Å²) in [5, 5.41) is 4.45. The lowest BCUT2D eigenvalue weighted by Gasteiger charge is -2.06. The fourth-order valence-corrected chi connectivity index (χ4v) is 2.56. The lowest BCUT2D eigenvalue weighted by molar-refractivity contribution is 0.0895. The van der Waals surface area contributed by atoms with Crippen molar-refractivity contribution in [1.82, 2.24) is 9.78 Å². The first kappa shape index (κ1) is 15.5. The molecule has 0 bridgehead atoms. The van der Waals surface area contributed by atoms with Crippen LogP contribution in [0, 0.1) is 19.8 Å². The fraction of sp³-hybridized carbons (Fsp3) is 0.444. The largest absolute Gasteiger partial charge is 0.272 e. The lowest BCUT2D eigenvalue weighted by Crippen LogP contribution is -2.16. The third kappa shape index (κ3) is 3.81. The summed E-state index contributed by atoms with van der Waals surface area (Å²) in [7, 11) is 0. The molecule has 0 aliphatic carbocycles. The van der Waals surface area contributed by atoms with E-state index in [1.54, 1.807) is 4.68 Å². The monoisotopic (exact) mass is 284 g/mol. The third-order valence-electron chi connectivity index (χ3n) is 3.85. The smallest absolute Gasteiger partial charge is 0.251 e. The molecule has 1 heterocycles. The predicted octanol–water partition coefficient (Wildman–Crippen LogP) is 3.97. The normalized spacial score (nSPS) is 11.1. The van der Waals surface area contributed by atoms with E-state index in [4.69, 9.17) is 0 Å². The van der Waals surface area contributed by atoms with Crippen molar-refractivity contribution in [2.75, 3.05) is 0 Å². The molecule has 3 nitrogen and oxygen atoms in total. The molecule has 1 aromatic heterocycles. The van der Waals surface area contributed by atoms with Gasteiger partial charge >= 0.3 is 0 Å². The van der Waals surface area contributed by atoms with Gasteiger partial charge in [-0.05, 0) is 43.7 Å². The van der Waals surface area contributed by atoms with E-state index in [9.17, 15) is 4.79 Å². The number of carbonyl (C=O) groups excluding carboxylic acids is 1. The van der Waals surface area contributed by atoms with Crippen molar-refractivity contribution in [2.24, 2.45) is 5.92 Å². The Hall–Kier alpha value is -1.90. The summed E-state index contributed by atoms with van der Waals surface area (Å²) in [6.07, 6.45) is 2.51. The highest BCUT2D eigenvalue weighted by atomic mass is 16.2. The Morgan fingerprint density at radius 2 is 1.86 bits per heavy atom. The highest BCUT2D eigenvalue weighted by molar-refractivity contribution is 5.81. The van der Waals surface area contributed by atoms with Crippen LogP contribution in [0.3, 0.4) is 0 Å². The van der Waals surface area contributed by atoms with Gasteiger partial charge in [-0.25, -0.2) is 4.68 Å². The molecular weight excluding hydrogens is 260 g/mol. The molecule has 0 saturated carbocycles. The Balaban J connectivity index is 2.16. The van der Waals surface area contributed by atoms with Gasteiger partial charge in [0.15, 0.2) is 0 Å². The Morgan fingerprint density at radius 3 is 2.48 bits per heavy atom. The quantitative estimate of drug-likeness (QED) is 0.832. The molecule has 0 fully saturated rings. The van der Waals surface area contributed by atoms with Crippen LogP contribution in [0.25, 0.3) is 0 Å². The number of hydrogen-bond acceptors (Lipinski definition) is 2. The van der Waals surface area contributed by atoms with Crippen molar-refractivity contribution in [3.8, 4) is 0 Å². The van der Waals surface area contributed by atoms with Gasteiger partial charge < -0.3 is 0 Å². The molecule has 2 aromatic rings. The fourth-order valence-electron chi connectivity index (χ4n) is 2.56. The van der Waals surface area contributed by atoms with Crippen molar-refractivity contribution in [3.63, 3.8) is 0 Å². The van der Waals surface area contributed by atoms with Gasteiger partial charge in [0.2, 0.25) is 0 Å². The van der Waals surface area contributed by atoms with Crippen LogP contribution in [0.1, 0.15) is 47.6 Å². The van der Waals surface area contributed by atoms with Crippen LogP contribution >= 0.6 is 0 Å². The maximum Gasteiger partial charge on any atom is 0.251 e. The zero-order valence-electron chi connectivity index (χ0n) is 13.4. The van der Waals surface area contributed by atoms with Crippen molar-refractivity contribution in [3.05, 3.63) is 52.8 Å². The first-order valence-electron chi connectivity index (χ1n) is 7.61. The Labute approximate surface area is 127 Å². The van der Waals surface area contributed by atoms with Gasteiger partial charge in [-0.15, -0.1) is 0 Å². The Morgan fingerprint density at radius 1 is 1.19 bits per heavy atom. The van der Waals surface area contributed by atoms with Gasteiger partial charge in [-0.2, -0.15) is 5.10 Å². The number of benzene rings is 1. The topological polar surface area (TPSA) is 34.9 Å². The molecule has 0 unspecified atom stereocenters. The highest BCUT2D eigenvalue weighted by Crippen LogP contribution is 2.18. The van der Waals surface area contributed by atoms with Crippen LogP contribution in [0.2, 0.25) is 0 Å². The minimum Gasteiger partial charge on any atom is -0.272 e. The molecule has 0 aliphatic heterocycles. The van der Waals surface area contributed by atoms with Gasteiger partial charge in [-0.1, -0.05) is 44.2 Å². The molecule has 0 radical (unpaired) electrons. The third-order valence-corrected chi connectivity index (χ3v) is 3.85. The van der Waals surface area contributed by atoms with Crippen molar-refractivity contribution in [1.29, 1.82) is 0 Å². The summed E-state index contributed by atoms with van der Waals surface area (Å²) in [6, 6.07) is 9.82. The van der Waals surface area contributed by atoms with Crippen LogP contribution in [-0.2, 0) is 12.8 Å². The molecule has 0 aliphatic rings. The van der Waals surface area contributed by atoms with Gasteiger partial charge in [0.05, 0.1) is 12.1 Å². The first-order valence-corrected chi connectivity index (χ1v) is 7.61. The molecule has 0 spiro atoms. The van der Waals surface area contributed by atoms with Crippen LogP contribution in [0.15, 0.2) is 30.3 Å². The van der Waals surface area contributed by atoms with Gasteiger partial charge in [0.25, 0.3) is 5.91 Å². The van der Waals surface area contributed by atoms with E-state index >= 15 is 0 Å². The second kappa shape index (κ2) is 6.70. The molecule has 0 amide bonds. The van der Waals surface area contributed by atoms with E-state index in [0.717, 1.165) is 29.8 Å². The maximum absolute atomic E-state index is 12.4. The van der Waals surface area contributed by atoms with E-state index in [0.29, 0.717) is 12.3 Å². The van der Waals surface area contributed by atoms with Gasteiger partial charge in [-0.3, -0.25) is 4.79 Å². The van der Waals surface area contributed by atoms with Crippen LogP contribution in [0.4, 0.5) is 0 Å². The molecule has 112 valence electrons. The minimum absolute atomic E-state index is 0.0394. The van der Waals surface area contributed by atoms with E-state index in [2.05, 4.69) is 18.9 Å². The van der Waals surface area contributed by atoms with Crippen molar-refractivity contribution < 1.29 is 4.79 Å².